The molecule has 5 aromatic carbocycles. The maximum absolute atomic E-state index is 6.64. The van der Waals surface area contributed by atoms with E-state index >= 15 is 0 Å². The third kappa shape index (κ3) is 3.06. The summed E-state index contributed by atoms with van der Waals surface area (Å²) in [7, 11) is 0. The number of benzene rings is 5. The van der Waals surface area contributed by atoms with E-state index in [0.717, 1.165) is 44.3 Å². The van der Waals surface area contributed by atoms with Gasteiger partial charge in [-0.15, -0.1) is 11.8 Å². The molecule has 0 radical (unpaired) electrons. The summed E-state index contributed by atoms with van der Waals surface area (Å²) in [5, 5.41) is 6.33. The van der Waals surface area contributed by atoms with Gasteiger partial charge in [-0.05, 0) is 54.1 Å². The van der Waals surface area contributed by atoms with Crippen molar-refractivity contribution in [1.82, 2.24) is 9.55 Å². The van der Waals surface area contributed by atoms with Crippen LogP contribution in [0.25, 0.3) is 73.2 Å². The second kappa shape index (κ2) is 8.28. The Bertz CT molecular complexity index is 2500. The number of oxazole rings is 1. The van der Waals surface area contributed by atoms with Crippen molar-refractivity contribution >= 4 is 67.9 Å². The molecule has 0 bridgehead atoms. The standard InChI is InChI=1S/C37H22N2O2S/c1-4-12-29-22(8-1)25-20-35-27(23-9-2-6-15-34(23)42-35)19-31(25)39(29)30-13-7-10-24-26-18-21(16-17-32(26)40-36(24)30)37-38-28-11-3-5-14-33(28)41-37/h1-20,27,35H. The monoisotopic (exact) mass is 558 g/mol. The molecule has 4 nitrogen and oxygen atoms in total. The summed E-state index contributed by atoms with van der Waals surface area (Å²) in [6.45, 7) is 0. The van der Waals surface area contributed by atoms with Crippen molar-refractivity contribution in [3.8, 4) is 17.1 Å². The number of thioether (sulfide) groups is 1. The fraction of sp³-hybridized carbons (Fsp3) is 0.0541. The predicted octanol–water partition coefficient (Wildman–Crippen LogP) is 8.17. The number of rotatable bonds is 2. The largest absolute Gasteiger partial charge is 0.454 e. The molecule has 1 aliphatic heterocycles. The summed E-state index contributed by atoms with van der Waals surface area (Å²) >= 11 is 1.98. The zero-order chi connectivity index (χ0) is 27.4. The molecule has 2 aliphatic rings. The van der Waals surface area contributed by atoms with E-state index in [2.05, 4.69) is 89.5 Å². The molecular weight excluding hydrogens is 536 g/mol. The van der Waals surface area contributed by atoms with Crippen molar-refractivity contribution < 1.29 is 8.83 Å². The smallest absolute Gasteiger partial charge is 0.227 e. The van der Waals surface area contributed by atoms with Crippen LogP contribution in [0.4, 0.5) is 0 Å². The first kappa shape index (κ1) is 22.7. The van der Waals surface area contributed by atoms with E-state index in [-0.39, 0.29) is 0 Å². The van der Waals surface area contributed by atoms with Crippen molar-refractivity contribution in [2.24, 2.45) is 0 Å². The van der Waals surface area contributed by atoms with Crippen LogP contribution in [0.3, 0.4) is 0 Å². The van der Waals surface area contributed by atoms with Gasteiger partial charge in [0.05, 0.1) is 16.6 Å². The molecule has 198 valence electrons. The summed E-state index contributed by atoms with van der Waals surface area (Å²) in [4.78, 5) is 6.11. The van der Waals surface area contributed by atoms with Crippen molar-refractivity contribution in [2.45, 2.75) is 16.1 Å². The summed E-state index contributed by atoms with van der Waals surface area (Å²) < 4.78 is 15.1. The lowest BCUT2D eigenvalue weighted by atomic mass is 9.92. The number of hydrogen-bond acceptors (Lipinski definition) is 4. The Labute approximate surface area is 244 Å². The van der Waals surface area contributed by atoms with Gasteiger partial charge in [0.25, 0.3) is 0 Å². The normalized spacial score (nSPS) is 17.3. The molecule has 8 aromatic rings. The molecule has 0 spiro atoms. The van der Waals surface area contributed by atoms with Crippen molar-refractivity contribution in [3.05, 3.63) is 125 Å². The summed E-state index contributed by atoms with van der Waals surface area (Å²) in [6, 6.07) is 38.1. The van der Waals surface area contributed by atoms with Gasteiger partial charge in [0.1, 0.15) is 11.1 Å². The van der Waals surface area contributed by atoms with E-state index < -0.39 is 0 Å². The average molecular weight is 559 g/mol. The zero-order valence-corrected chi connectivity index (χ0v) is 23.1. The molecule has 3 aromatic heterocycles. The SMILES string of the molecule is C1=c2c(n(-c3cccc4c3oc3ccc(-c5nc6ccccc6o5)cc34)c3ccccc23)=CC2c3ccccc3SC12. The first-order valence-electron chi connectivity index (χ1n) is 14.2. The van der Waals surface area contributed by atoms with Gasteiger partial charge in [0.15, 0.2) is 11.2 Å². The van der Waals surface area contributed by atoms with Gasteiger partial charge in [-0.3, -0.25) is 0 Å². The highest BCUT2D eigenvalue weighted by Gasteiger charge is 2.33. The van der Waals surface area contributed by atoms with E-state index in [4.69, 9.17) is 13.8 Å². The second-order valence-electron chi connectivity index (χ2n) is 11.1. The van der Waals surface area contributed by atoms with Crippen LogP contribution in [0.15, 0.2) is 123 Å². The number of hydrogen-bond donors (Lipinski definition) is 0. The molecule has 4 heterocycles. The van der Waals surface area contributed by atoms with E-state index in [1.165, 1.54) is 31.9 Å². The van der Waals surface area contributed by atoms with Gasteiger partial charge in [0, 0.05) is 43.0 Å². The molecule has 0 fully saturated rings. The molecular formula is C37H22N2O2S. The fourth-order valence-electron chi connectivity index (χ4n) is 6.89. The number of aromatic nitrogens is 2. The molecule has 0 amide bonds. The van der Waals surface area contributed by atoms with Gasteiger partial charge < -0.3 is 13.4 Å². The van der Waals surface area contributed by atoms with Crippen LogP contribution in [-0.2, 0) is 0 Å². The first-order valence-corrected chi connectivity index (χ1v) is 15.1. The van der Waals surface area contributed by atoms with E-state index in [0.29, 0.717) is 17.1 Å². The van der Waals surface area contributed by atoms with Crippen molar-refractivity contribution in [3.63, 3.8) is 0 Å². The molecule has 5 heteroatoms. The first-order chi connectivity index (χ1) is 20.8. The van der Waals surface area contributed by atoms with Gasteiger partial charge in [-0.2, -0.15) is 0 Å². The van der Waals surface area contributed by atoms with E-state index in [9.17, 15) is 0 Å². The Morgan fingerprint density at radius 1 is 0.690 bits per heavy atom. The van der Waals surface area contributed by atoms with Gasteiger partial charge in [-0.1, -0.05) is 72.8 Å². The average Bonchev–Trinajstić information content (AvgIpc) is 3.79. The van der Waals surface area contributed by atoms with Crippen LogP contribution in [0, 0.1) is 0 Å². The Morgan fingerprint density at radius 2 is 1.55 bits per heavy atom. The predicted molar refractivity (Wildman–Crippen MR) is 171 cm³/mol. The van der Waals surface area contributed by atoms with Crippen LogP contribution >= 0.6 is 11.8 Å². The highest BCUT2D eigenvalue weighted by Crippen LogP contribution is 2.47. The molecule has 10 rings (SSSR count). The van der Waals surface area contributed by atoms with Gasteiger partial charge >= 0.3 is 0 Å². The number of para-hydroxylation sites is 4. The molecule has 1 aliphatic carbocycles. The summed E-state index contributed by atoms with van der Waals surface area (Å²) in [6.07, 6.45) is 4.96. The molecule has 0 saturated carbocycles. The second-order valence-corrected chi connectivity index (χ2v) is 12.3. The van der Waals surface area contributed by atoms with Gasteiger partial charge in [-0.25, -0.2) is 4.98 Å². The third-order valence-corrected chi connectivity index (χ3v) is 10.1. The highest BCUT2D eigenvalue weighted by atomic mass is 32.2. The maximum atomic E-state index is 6.64. The Kier molecular flexibility index (Phi) is 4.47. The van der Waals surface area contributed by atoms with Crippen molar-refractivity contribution in [2.75, 3.05) is 0 Å². The zero-order valence-electron chi connectivity index (χ0n) is 22.3. The lowest BCUT2D eigenvalue weighted by Crippen LogP contribution is -2.34. The lowest BCUT2D eigenvalue weighted by Gasteiger charge is -2.16. The van der Waals surface area contributed by atoms with Crippen LogP contribution < -0.4 is 10.6 Å². The summed E-state index contributed by atoms with van der Waals surface area (Å²) in [5.41, 5.74) is 7.95. The van der Waals surface area contributed by atoms with E-state index in [1.807, 2.05) is 48.2 Å². The lowest BCUT2D eigenvalue weighted by molar-refractivity contribution is 0.620. The van der Waals surface area contributed by atoms with E-state index in [1.54, 1.807) is 0 Å². The van der Waals surface area contributed by atoms with Gasteiger partial charge in [0.2, 0.25) is 5.89 Å². The minimum Gasteiger partial charge on any atom is -0.454 e. The highest BCUT2D eigenvalue weighted by molar-refractivity contribution is 8.00. The third-order valence-electron chi connectivity index (χ3n) is 8.77. The molecule has 2 unspecified atom stereocenters. The Morgan fingerprint density at radius 3 is 2.52 bits per heavy atom. The van der Waals surface area contributed by atoms with Crippen LogP contribution in [0.2, 0.25) is 0 Å². The molecule has 0 N–H and O–H groups in total. The number of furan rings is 1. The minimum absolute atomic E-state index is 0.343. The summed E-state index contributed by atoms with van der Waals surface area (Å²) in [5.74, 6) is 0.957. The van der Waals surface area contributed by atoms with Crippen molar-refractivity contribution in [1.29, 1.82) is 0 Å². The van der Waals surface area contributed by atoms with Crippen LogP contribution in [0.5, 0.6) is 0 Å². The molecule has 2 atom stereocenters. The minimum atomic E-state index is 0.343. The fourth-order valence-corrected chi connectivity index (χ4v) is 8.26. The Hall–Kier alpha value is -5.00. The van der Waals surface area contributed by atoms with Crippen LogP contribution in [-0.4, -0.2) is 14.8 Å². The maximum Gasteiger partial charge on any atom is 0.227 e. The topological polar surface area (TPSA) is 44.1 Å². The Balaban J connectivity index is 1.22. The number of nitrogens with zero attached hydrogens (tertiary/aromatic N) is 2. The van der Waals surface area contributed by atoms with Crippen LogP contribution in [0.1, 0.15) is 11.5 Å². The molecule has 42 heavy (non-hydrogen) atoms. The quantitative estimate of drug-likeness (QED) is 0.215. The number of fused-ring (bicyclic) bond motifs is 10. The molecule has 0 saturated heterocycles.